The first kappa shape index (κ1) is 17.4. The van der Waals surface area contributed by atoms with Gasteiger partial charge in [-0.3, -0.25) is 14.5 Å². The number of amides is 2. The molecule has 0 bridgehead atoms. The summed E-state index contributed by atoms with van der Waals surface area (Å²) in [5.74, 6) is -0.271. The Labute approximate surface area is 149 Å². The number of hydrogen-bond donors (Lipinski definition) is 0. The average Bonchev–Trinajstić information content (AvgIpc) is 2.90. The van der Waals surface area contributed by atoms with E-state index in [0.29, 0.717) is 17.7 Å². The lowest BCUT2D eigenvalue weighted by Gasteiger charge is -2.13. The highest BCUT2D eigenvalue weighted by Gasteiger charge is 2.34. The molecule has 0 saturated heterocycles. The van der Waals surface area contributed by atoms with E-state index in [1.807, 2.05) is 12.1 Å². The van der Waals surface area contributed by atoms with Crippen molar-refractivity contribution >= 4 is 11.8 Å². The van der Waals surface area contributed by atoms with Crippen LogP contribution in [0, 0.1) is 0 Å². The summed E-state index contributed by atoms with van der Waals surface area (Å²) in [5.41, 5.74) is 2.51. The molecule has 2 aromatic carbocycles. The number of carbonyl (C=O) groups excluding carboxylic acids is 2. The average molecular weight is 335 g/mol. The number of hydrogen-bond acceptors (Lipinski definition) is 2. The van der Waals surface area contributed by atoms with E-state index in [1.165, 1.54) is 29.7 Å². The van der Waals surface area contributed by atoms with Crippen LogP contribution in [0.1, 0.15) is 64.8 Å². The van der Waals surface area contributed by atoms with Crippen LogP contribution in [-0.4, -0.2) is 23.3 Å². The largest absolute Gasteiger partial charge is 0.274 e. The van der Waals surface area contributed by atoms with Crippen LogP contribution in [0.15, 0.2) is 54.6 Å². The SMILES string of the molecule is O=C1c2ccccc2C(=O)N1CCCCCCCCc1ccccc1. The monoisotopic (exact) mass is 335 g/mol. The van der Waals surface area contributed by atoms with Crippen molar-refractivity contribution in [2.75, 3.05) is 6.54 Å². The van der Waals surface area contributed by atoms with E-state index in [0.717, 1.165) is 25.7 Å². The maximum atomic E-state index is 12.3. The standard InChI is InChI=1S/C22H25NO2/c24-21-19-15-9-10-16-20(19)22(25)23(21)17-11-4-2-1-3-6-12-18-13-7-5-8-14-18/h5,7-10,13-16H,1-4,6,11-12,17H2. The van der Waals surface area contributed by atoms with Crippen molar-refractivity contribution in [3.05, 3.63) is 71.3 Å². The van der Waals surface area contributed by atoms with Gasteiger partial charge in [-0.2, -0.15) is 0 Å². The first-order valence-corrected chi connectivity index (χ1v) is 9.26. The van der Waals surface area contributed by atoms with Crippen LogP contribution < -0.4 is 0 Å². The summed E-state index contributed by atoms with van der Waals surface area (Å²) in [6, 6.07) is 17.7. The predicted molar refractivity (Wildman–Crippen MR) is 99.7 cm³/mol. The number of benzene rings is 2. The normalized spacial score (nSPS) is 13.4. The number of rotatable bonds is 9. The number of nitrogens with zero attached hydrogens (tertiary/aromatic N) is 1. The van der Waals surface area contributed by atoms with Crippen molar-refractivity contribution in [1.29, 1.82) is 0 Å². The van der Waals surface area contributed by atoms with Crippen molar-refractivity contribution in [3.8, 4) is 0 Å². The molecule has 1 heterocycles. The van der Waals surface area contributed by atoms with Crippen LogP contribution in [0.4, 0.5) is 0 Å². The Bertz CT molecular complexity index is 689. The fraction of sp³-hybridized carbons (Fsp3) is 0.364. The van der Waals surface area contributed by atoms with Gasteiger partial charge in [-0.1, -0.05) is 68.1 Å². The van der Waals surface area contributed by atoms with E-state index in [1.54, 1.807) is 12.1 Å². The van der Waals surface area contributed by atoms with Gasteiger partial charge in [-0.15, -0.1) is 0 Å². The zero-order chi connectivity index (χ0) is 17.5. The molecule has 3 nitrogen and oxygen atoms in total. The van der Waals surface area contributed by atoms with Crippen molar-refractivity contribution in [3.63, 3.8) is 0 Å². The molecular weight excluding hydrogens is 310 g/mol. The van der Waals surface area contributed by atoms with Gasteiger partial charge >= 0.3 is 0 Å². The molecule has 0 radical (unpaired) electrons. The zero-order valence-corrected chi connectivity index (χ0v) is 14.6. The zero-order valence-electron chi connectivity index (χ0n) is 14.6. The molecule has 2 amide bonds. The minimum absolute atomic E-state index is 0.136. The van der Waals surface area contributed by atoms with Gasteiger partial charge in [0.25, 0.3) is 11.8 Å². The summed E-state index contributed by atoms with van der Waals surface area (Å²) in [7, 11) is 0. The van der Waals surface area contributed by atoms with Crippen molar-refractivity contribution < 1.29 is 9.59 Å². The highest BCUT2D eigenvalue weighted by atomic mass is 16.2. The van der Waals surface area contributed by atoms with Gasteiger partial charge in [0.2, 0.25) is 0 Å². The fourth-order valence-electron chi connectivity index (χ4n) is 3.39. The Hall–Kier alpha value is -2.42. The van der Waals surface area contributed by atoms with Gasteiger partial charge in [-0.05, 0) is 37.0 Å². The molecule has 3 rings (SSSR count). The Morgan fingerprint density at radius 3 is 1.76 bits per heavy atom. The van der Waals surface area contributed by atoms with Crippen LogP contribution in [-0.2, 0) is 6.42 Å². The van der Waals surface area contributed by atoms with Gasteiger partial charge in [-0.25, -0.2) is 0 Å². The summed E-state index contributed by atoms with van der Waals surface area (Å²) in [5, 5.41) is 0. The lowest BCUT2D eigenvalue weighted by Crippen LogP contribution is -2.30. The third-order valence-corrected chi connectivity index (χ3v) is 4.82. The van der Waals surface area contributed by atoms with E-state index >= 15 is 0 Å². The van der Waals surface area contributed by atoms with Gasteiger partial charge in [0, 0.05) is 6.54 Å². The molecule has 1 aliphatic heterocycles. The molecule has 0 atom stereocenters. The smallest absolute Gasteiger partial charge is 0.261 e. The predicted octanol–water partition coefficient (Wildman–Crippen LogP) is 4.87. The van der Waals surface area contributed by atoms with Gasteiger partial charge in [0.05, 0.1) is 11.1 Å². The van der Waals surface area contributed by atoms with E-state index < -0.39 is 0 Å². The Balaban J connectivity index is 1.29. The second-order valence-electron chi connectivity index (χ2n) is 6.66. The highest BCUT2D eigenvalue weighted by Crippen LogP contribution is 2.23. The van der Waals surface area contributed by atoms with Crippen molar-refractivity contribution in [1.82, 2.24) is 4.90 Å². The third-order valence-electron chi connectivity index (χ3n) is 4.82. The Morgan fingerprint density at radius 1 is 0.600 bits per heavy atom. The maximum Gasteiger partial charge on any atom is 0.261 e. The molecule has 2 aromatic rings. The van der Waals surface area contributed by atoms with Crippen LogP contribution >= 0.6 is 0 Å². The molecule has 0 N–H and O–H groups in total. The first-order valence-electron chi connectivity index (χ1n) is 9.26. The molecule has 0 fully saturated rings. The minimum atomic E-state index is -0.136. The molecule has 130 valence electrons. The van der Waals surface area contributed by atoms with Crippen molar-refractivity contribution in [2.24, 2.45) is 0 Å². The Morgan fingerprint density at radius 2 is 1.12 bits per heavy atom. The lowest BCUT2D eigenvalue weighted by molar-refractivity contribution is 0.0651. The minimum Gasteiger partial charge on any atom is -0.274 e. The van der Waals surface area contributed by atoms with Crippen LogP contribution in [0.3, 0.4) is 0 Å². The topological polar surface area (TPSA) is 37.4 Å². The number of unbranched alkanes of at least 4 members (excludes halogenated alkanes) is 5. The molecule has 0 aliphatic carbocycles. The second kappa shape index (κ2) is 8.61. The molecule has 0 unspecified atom stereocenters. The molecule has 1 aliphatic rings. The summed E-state index contributed by atoms with van der Waals surface area (Å²) in [6.45, 7) is 0.538. The maximum absolute atomic E-state index is 12.3. The molecule has 0 saturated carbocycles. The van der Waals surface area contributed by atoms with Gasteiger partial charge in [0.15, 0.2) is 0 Å². The van der Waals surface area contributed by atoms with Crippen LogP contribution in [0.2, 0.25) is 0 Å². The number of imide groups is 1. The van der Waals surface area contributed by atoms with E-state index in [2.05, 4.69) is 30.3 Å². The fourth-order valence-corrected chi connectivity index (χ4v) is 3.39. The van der Waals surface area contributed by atoms with E-state index in [-0.39, 0.29) is 11.8 Å². The molecule has 3 heteroatoms. The summed E-state index contributed by atoms with van der Waals surface area (Å²) < 4.78 is 0. The summed E-state index contributed by atoms with van der Waals surface area (Å²) in [4.78, 5) is 25.9. The van der Waals surface area contributed by atoms with E-state index in [4.69, 9.17) is 0 Å². The molecule has 0 aromatic heterocycles. The number of carbonyl (C=O) groups is 2. The van der Waals surface area contributed by atoms with Gasteiger partial charge in [0.1, 0.15) is 0 Å². The Kier molecular flexibility index (Phi) is 5.99. The highest BCUT2D eigenvalue weighted by molar-refractivity contribution is 6.21. The molecule has 25 heavy (non-hydrogen) atoms. The van der Waals surface area contributed by atoms with Crippen LogP contribution in [0.5, 0.6) is 0 Å². The quantitative estimate of drug-likeness (QED) is 0.484. The second-order valence-corrected chi connectivity index (χ2v) is 6.66. The van der Waals surface area contributed by atoms with Crippen LogP contribution in [0.25, 0.3) is 0 Å². The molecule has 0 spiro atoms. The summed E-state index contributed by atoms with van der Waals surface area (Å²) in [6.07, 6.45) is 7.95. The number of aryl methyl sites for hydroxylation is 1. The third kappa shape index (κ3) is 4.36. The van der Waals surface area contributed by atoms with Crippen molar-refractivity contribution in [2.45, 2.75) is 44.9 Å². The lowest BCUT2D eigenvalue weighted by atomic mass is 10.0. The van der Waals surface area contributed by atoms with Gasteiger partial charge < -0.3 is 0 Å². The summed E-state index contributed by atoms with van der Waals surface area (Å²) >= 11 is 0. The number of fused-ring (bicyclic) bond motifs is 1. The first-order chi connectivity index (χ1) is 12.3. The molecular formula is C22H25NO2. The van der Waals surface area contributed by atoms with E-state index in [9.17, 15) is 9.59 Å².